The summed E-state index contributed by atoms with van der Waals surface area (Å²) >= 11 is 6.17. The van der Waals surface area contributed by atoms with Crippen LogP contribution < -0.4 is 10.6 Å². The lowest BCUT2D eigenvalue weighted by atomic mass is 9.96. The average molecular weight is 380 g/mol. The van der Waals surface area contributed by atoms with Crippen LogP contribution in [0.4, 0.5) is 0 Å². The summed E-state index contributed by atoms with van der Waals surface area (Å²) in [5.41, 5.74) is 1.44. The summed E-state index contributed by atoms with van der Waals surface area (Å²) in [5, 5.41) is 7.59. The SMILES string of the molecule is CCNC(=NCC1(c2cccc(Cl)c2)CC1)NC(C)COC1CCOC1. The maximum absolute atomic E-state index is 6.17. The van der Waals surface area contributed by atoms with Crippen molar-refractivity contribution in [2.45, 2.75) is 50.7 Å². The van der Waals surface area contributed by atoms with E-state index in [1.807, 2.05) is 12.1 Å². The summed E-state index contributed by atoms with van der Waals surface area (Å²) in [6, 6.07) is 8.37. The van der Waals surface area contributed by atoms with E-state index in [-0.39, 0.29) is 17.6 Å². The quantitative estimate of drug-likeness (QED) is 0.538. The van der Waals surface area contributed by atoms with Gasteiger partial charge in [0.05, 0.1) is 25.9 Å². The van der Waals surface area contributed by atoms with Crippen molar-refractivity contribution in [3.63, 3.8) is 0 Å². The van der Waals surface area contributed by atoms with Gasteiger partial charge in [-0.15, -0.1) is 0 Å². The van der Waals surface area contributed by atoms with Gasteiger partial charge >= 0.3 is 0 Å². The van der Waals surface area contributed by atoms with Crippen molar-refractivity contribution >= 4 is 17.6 Å². The van der Waals surface area contributed by atoms with Gasteiger partial charge in [-0.2, -0.15) is 0 Å². The molecule has 1 saturated heterocycles. The maximum atomic E-state index is 6.17. The summed E-state index contributed by atoms with van der Waals surface area (Å²) in [4.78, 5) is 4.84. The zero-order valence-corrected chi connectivity index (χ0v) is 16.5. The van der Waals surface area contributed by atoms with Crippen LogP contribution in [0.1, 0.15) is 38.7 Å². The zero-order chi connectivity index (χ0) is 18.4. The van der Waals surface area contributed by atoms with Gasteiger partial charge in [0.25, 0.3) is 0 Å². The summed E-state index contributed by atoms with van der Waals surface area (Å²) in [6.07, 6.45) is 3.55. The molecule has 1 aliphatic heterocycles. The van der Waals surface area contributed by atoms with Crippen LogP contribution >= 0.6 is 11.6 Å². The second kappa shape index (κ2) is 9.07. The number of aliphatic imine (C=N–C) groups is 1. The van der Waals surface area contributed by atoms with E-state index in [1.165, 1.54) is 5.56 Å². The Morgan fingerprint density at radius 2 is 2.31 bits per heavy atom. The van der Waals surface area contributed by atoms with Crippen molar-refractivity contribution in [3.05, 3.63) is 34.9 Å². The predicted molar refractivity (Wildman–Crippen MR) is 106 cm³/mol. The largest absolute Gasteiger partial charge is 0.379 e. The van der Waals surface area contributed by atoms with Gasteiger partial charge in [0.15, 0.2) is 5.96 Å². The average Bonchev–Trinajstić information content (AvgIpc) is 3.24. The van der Waals surface area contributed by atoms with E-state index < -0.39 is 0 Å². The number of guanidine groups is 1. The molecule has 1 saturated carbocycles. The minimum Gasteiger partial charge on any atom is -0.379 e. The lowest BCUT2D eigenvalue weighted by molar-refractivity contribution is 0.0347. The van der Waals surface area contributed by atoms with E-state index in [9.17, 15) is 0 Å². The molecule has 144 valence electrons. The first-order valence-electron chi connectivity index (χ1n) is 9.61. The molecule has 0 bridgehead atoms. The number of nitrogens with zero attached hydrogens (tertiary/aromatic N) is 1. The highest BCUT2D eigenvalue weighted by molar-refractivity contribution is 6.30. The molecular formula is C20H30ClN3O2. The third-order valence-electron chi connectivity index (χ3n) is 5.03. The highest BCUT2D eigenvalue weighted by Crippen LogP contribution is 2.48. The predicted octanol–water partition coefficient (Wildman–Crippen LogP) is 3.12. The van der Waals surface area contributed by atoms with Crippen LogP contribution in [0.15, 0.2) is 29.3 Å². The molecule has 1 aromatic carbocycles. The minimum absolute atomic E-state index is 0.147. The molecule has 1 aliphatic carbocycles. The normalized spacial score (nSPS) is 22.9. The van der Waals surface area contributed by atoms with E-state index in [4.69, 9.17) is 26.1 Å². The first kappa shape index (κ1) is 19.5. The third-order valence-corrected chi connectivity index (χ3v) is 5.26. The monoisotopic (exact) mass is 379 g/mol. The fourth-order valence-electron chi connectivity index (χ4n) is 3.26. The summed E-state index contributed by atoms with van der Waals surface area (Å²) < 4.78 is 11.3. The highest BCUT2D eigenvalue weighted by atomic mass is 35.5. The summed E-state index contributed by atoms with van der Waals surface area (Å²) in [7, 11) is 0. The van der Waals surface area contributed by atoms with Gasteiger partial charge in [-0.1, -0.05) is 23.7 Å². The molecule has 3 rings (SSSR count). The fourth-order valence-corrected chi connectivity index (χ4v) is 3.45. The first-order valence-corrected chi connectivity index (χ1v) is 9.99. The van der Waals surface area contributed by atoms with Gasteiger partial charge < -0.3 is 20.1 Å². The topological polar surface area (TPSA) is 54.9 Å². The highest BCUT2D eigenvalue weighted by Gasteiger charge is 2.44. The molecule has 1 aromatic rings. The Labute approximate surface area is 161 Å². The first-order chi connectivity index (χ1) is 12.6. The Balaban J connectivity index is 1.54. The van der Waals surface area contributed by atoms with Crippen LogP contribution in [0.5, 0.6) is 0 Å². The fraction of sp³-hybridized carbons (Fsp3) is 0.650. The number of hydrogen-bond donors (Lipinski definition) is 2. The summed E-state index contributed by atoms with van der Waals surface area (Å²) in [6.45, 7) is 7.97. The lowest BCUT2D eigenvalue weighted by Crippen LogP contribution is -2.45. The number of nitrogens with one attached hydrogen (secondary N) is 2. The second-order valence-electron chi connectivity index (χ2n) is 7.35. The molecule has 0 amide bonds. The standard InChI is InChI=1S/C20H30ClN3O2/c1-3-22-19(24-15(2)12-26-18-7-10-25-13-18)23-14-20(8-9-20)16-5-4-6-17(21)11-16/h4-6,11,15,18H,3,7-10,12-14H2,1-2H3,(H2,22,23,24). The Kier molecular flexibility index (Phi) is 6.79. The Morgan fingerprint density at radius 3 is 2.96 bits per heavy atom. The van der Waals surface area contributed by atoms with Crippen molar-refractivity contribution in [1.29, 1.82) is 0 Å². The van der Waals surface area contributed by atoms with E-state index in [0.717, 1.165) is 49.9 Å². The maximum Gasteiger partial charge on any atom is 0.191 e. The van der Waals surface area contributed by atoms with Crippen LogP contribution in [0, 0.1) is 0 Å². The Hall–Kier alpha value is -1.30. The van der Waals surface area contributed by atoms with E-state index >= 15 is 0 Å². The van der Waals surface area contributed by atoms with Crippen LogP contribution in [0.2, 0.25) is 5.02 Å². The molecule has 26 heavy (non-hydrogen) atoms. The number of hydrogen-bond acceptors (Lipinski definition) is 3. The van der Waals surface area contributed by atoms with Gasteiger partial charge in [0, 0.05) is 29.6 Å². The van der Waals surface area contributed by atoms with E-state index in [1.54, 1.807) is 0 Å². The van der Waals surface area contributed by atoms with Crippen LogP contribution in [-0.2, 0) is 14.9 Å². The van der Waals surface area contributed by atoms with Gasteiger partial charge in [-0.3, -0.25) is 4.99 Å². The van der Waals surface area contributed by atoms with E-state index in [2.05, 4.69) is 36.6 Å². The number of benzene rings is 1. The Morgan fingerprint density at radius 1 is 1.46 bits per heavy atom. The van der Waals surface area contributed by atoms with Gasteiger partial charge in [-0.05, 0) is 50.8 Å². The van der Waals surface area contributed by atoms with Crippen molar-refractivity contribution in [2.75, 3.05) is 32.9 Å². The van der Waals surface area contributed by atoms with Crippen LogP contribution in [0.25, 0.3) is 0 Å². The van der Waals surface area contributed by atoms with Crippen LogP contribution in [-0.4, -0.2) is 51.0 Å². The molecule has 2 atom stereocenters. The lowest BCUT2D eigenvalue weighted by Gasteiger charge is -2.21. The number of rotatable bonds is 8. The van der Waals surface area contributed by atoms with Crippen molar-refractivity contribution < 1.29 is 9.47 Å². The van der Waals surface area contributed by atoms with Gasteiger partial charge in [0.2, 0.25) is 0 Å². The third kappa shape index (κ3) is 5.35. The Bertz CT molecular complexity index is 613. The molecular weight excluding hydrogens is 350 g/mol. The van der Waals surface area contributed by atoms with E-state index in [0.29, 0.717) is 13.2 Å². The van der Waals surface area contributed by atoms with Crippen LogP contribution in [0.3, 0.4) is 0 Å². The van der Waals surface area contributed by atoms with Crippen molar-refractivity contribution in [1.82, 2.24) is 10.6 Å². The zero-order valence-electron chi connectivity index (χ0n) is 15.8. The molecule has 2 unspecified atom stereocenters. The number of halogens is 1. The molecule has 2 N–H and O–H groups in total. The molecule has 6 heteroatoms. The molecule has 0 spiro atoms. The van der Waals surface area contributed by atoms with Gasteiger partial charge in [0.1, 0.15) is 0 Å². The van der Waals surface area contributed by atoms with Crippen molar-refractivity contribution in [3.8, 4) is 0 Å². The minimum atomic E-state index is 0.147. The summed E-state index contributed by atoms with van der Waals surface area (Å²) in [5.74, 6) is 0.847. The smallest absolute Gasteiger partial charge is 0.191 e. The molecule has 1 heterocycles. The molecule has 2 aliphatic rings. The molecule has 5 nitrogen and oxygen atoms in total. The second-order valence-corrected chi connectivity index (χ2v) is 7.79. The molecule has 0 aromatic heterocycles. The van der Waals surface area contributed by atoms with Gasteiger partial charge in [-0.25, -0.2) is 0 Å². The molecule has 2 fully saturated rings. The number of ether oxygens (including phenoxy) is 2. The van der Waals surface area contributed by atoms with Crippen molar-refractivity contribution in [2.24, 2.45) is 4.99 Å². The molecule has 0 radical (unpaired) electrons.